The molecule has 12 heteroatoms. The molecule has 4 aromatic rings. The molecule has 1 N–H and O–H groups in total. The molecule has 35 heavy (non-hydrogen) atoms. The summed E-state index contributed by atoms with van der Waals surface area (Å²) < 4.78 is 2.87. The summed E-state index contributed by atoms with van der Waals surface area (Å²) in [6, 6.07) is 0. The largest absolute Gasteiger partial charge is 0.339 e. The second-order valence-corrected chi connectivity index (χ2v) is 10.3. The molecule has 0 saturated carbocycles. The molecule has 0 bridgehead atoms. The Labute approximate surface area is 204 Å². The Balaban J connectivity index is 1.10. The minimum atomic E-state index is -0.268. The Kier molecular flexibility index (Phi) is 5.49. The van der Waals surface area contributed by atoms with Crippen LogP contribution < -0.4 is 11.1 Å². The maximum absolute atomic E-state index is 12.9. The van der Waals surface area contributed by atoms with Crippen LogP contribution in [0.2, 0.25) is 0 Å². The lowest BCUT2D eigenvalue weighted by molar-refractivity contribution is -0.133. The molecule has 182 valence electrons. The van der Waals surface area contributed by atoms with E-state index in [1.54, 1.807) is 23.3 Å². The van der Waals surface area contributed by atoms with Crippen LogP contribution in [0.25, 0.3) is 21.3 Å². The van der Waals surface area contributed by atoms with Gasteiger partial charge in [0.1, 0.15) is 28.9 Å². The van der Waals surface area contributed by atoms with Crippen molar-refractivity contribution >= 4 is 38.5 Å². The van der Waals surface area contributed by atoms with E-state index in [0.29, 0.717) is 49.6 Å². The molecule has 4 aromatic heterocycles. The average molecular weight is 495 g/mol. The lowest BCUT2D eigenvalue weighted by atomic mass is 9.97. The number of nitrogens with zero attached hydrogens (tertiary/aromatic N) is 7. The predicted molar refractivity (Wildman–Crippen MR) is 132 cm³/mol. The number of H-pyrrole nitrogens is 1. The first-order chi connectivity index (χ1) is 17.0. The van der Waals surface area contributed by atoms with Gasteiger partial charge in [-0.2, -0.15) is 5.10 Å². The number of hydrogen-bond acceptors (Lipinski definition) is 8. The van der Waals surface area contributed by atoms with Gasteiger partial charge >= 0.3 is 0 Å². The maximum atomic E-state index is 12.9. The van der Waals surface area contributed by atoms with E-state index in [2.05, 4.69) is 20.0 Å². The molecule has 11 nitrogen and oxygen atoms in total. The van der Waals surface area contributed by atoms with Gasteiger partial charge in [-0.05, 0) is 31.2 Å². The smallest absolute Gasteiger partial charge is 0.264 e. The Morgan fingerprint density at radius 3 is 2.77 bits per heavy atom. The van der Waals surface area contributed by atoms with Crippen LogP contribution in [0.3, 0.4) is 0 Å². The van der Waals surface area contributed by atoms with Crippen molar-refractivity contribution in [3.05, 3.63) is 49.5 Å². The second-order valence-electron chi connectivity index (χ2n) is 9.24. The minimum absolute atomic E-state index is 0.0390. The van der Waals surface area contributed by atoms with Gasteiger partial charge in [-0.15, -0.1) is 11.3 Å². The van der Waals surface area contributed by atoms with Crippen molar-refractivity contribution in [1.29, 1.82) is 0 Å². The number of nitrogens with one attached hydrogen (secondary N) is 1. The van der Waals surface area contributed by atoms with Gasteiger partial charge in [-0.1, -0.05) is 0 Å². The summed E-state index contributed by atoms with van der Waals surface area (Å²) in [5.74, 6) is 0.553. The molecule has 0 unspecified atom stereocenters. The van der Waals surface area contributed by atoms with Crippen LogP contribution in [0.15, 0.2) is 22.1 Å². The van der Waals surface area contributed by atoms with Crippen LogP contribution in [0.5, 0.6) is 0 Å². The van der Waals surface area contributed by atoms with E-state index in [4.69, 9.17) is 4.98 Å². The van der Waals surface area contributed by atoms with Gasteiger partial charge in [0, 0.05) is 38.1 Å². The van der Waals surface area contributed by atoms with Gasteiger partial charge in [0.05, 0.1) is 18.1 Å². The molecule has 1 fully saturated rings. The summed E-state index contributed by atoms with van der Waals surface area (Å²) in [5.41, 5.74) is 1.39. The van der Waals surface area contributed by atoms with E-state index < -0.39 is 0 Å². The molecule has 0 atom stereocenters. The summed E-state index contributed by atoms with van der Waals surface area (Å²) in [4.78, 5) is 56.4. The zero-order chi connectivity index (χ0) is 24.1. The topological polar surface area (TPSA) is 122 Å². The Morgan fingerprint density at radius 1 is 1.14 bits per heavy atom. The van der Waals surface area contributed by atoms with Crippen molar-refractivity contribution in [2.75, 3.05) is 26.2 Å². The third kappa shape index (κ3) is 3.96. The molecular formula is C23H26N8O3S. The van der Waals surface area contributed by atoms with Crippen LogP contribution in [-0.4, -0.2) is 71.2 Å². The van der Waals surface area contributed by atoms with Gasteiger partial charge in [0.2, 0.25) is 5.91 Å². The van der Waals surface area contributed by atoms with Crippen molar-refractivity contribution in [3.63, 3.8) is 0 Å². The zero-order valence-corrected chi connectivity index (χ0v) is 20.3. The quantitative estimate of drug-likeness (QED) is 0.442. The number of amides is 1. The van der Waals surface area contributed by atoms with E-state index in [1.165, 1.54) is 38.6 Å². The van der Waals surface area contributed by atoms with Gasteiger partial charge < -0.3 is 9.88 Å². The van der Waals surface area contributed by atoms with E-state index in [1.807, 2.05) is 0 Å². The minimum Gasteiger partial charge on any atom is -0.339 e. The lowest BCUT2D eigenvalue weighted by Crippen LogP contribution is -2.49. The van der Waals surface area contributed by atoms with Gasteiger partial charge in [-0.3, -0.25) is 28.5 Å². The number of hydrogen-bond donors (Lipinski definition) is 1. The summed E-state index contributed by atoms with van der Waals surface area (Å²) >= 11 is 1.66. The molecule has 0 aromatic carbocycles. The van der Waals surface area contributed by atoms with Crippen LogP contribution >= 0.6 is 11.3 Å². The number of aryl methyl sites for hydroxylation is 3. The molecule has 2 aliphatic rings. The third-order valence-corrected chi connectivity index (χ3v) is 8.18. The van der Waals surface area contributed by atoms with Crippen LogP contribution in [0, 0.1) is 0 Å². The zero-order valence-electron chi connectivity index (χ0n) is 19.5. The standard InChI is InChI=1S/C23H26N8O3S/c1-28-20-15(10-25-28)23(34)31(13-24-20)12-18(32)30-8-6-29(7-9-30)11-17-26-21(33)19-14-4-2-3-5-16(14)35-22(19)27-17/h10,13H,2-9,11-12H2,1H3,(H,26,27,33). The summed E-state index contributed by atoms with van der Waals surface area (Å²) in [6.45, 7) is 2.93. The normalized spacial score (nSPS) is 16.8. The number of fused-ring (bicyclic) bond motifs is 4. The van der Waals surface area contributed by atoms with Crippen molar-refractivity contribution in [3.8, 4) is 0 Å². The SMILES string of the molecule is Cn1ncc2c(=O)n(CC(=O)N3CCN(Cc4nc5sc6c(c5c(=O)[nH]4)CCCC6)CC3)cnc21. The number of aromatic amines is 1. The highest BCUT2D eigenvalue weighted by molar-refractivity contribution is 7.18. The Hall–Kier alpha value is -3.38. The van der Waals surface area contributed by atoms with Crippen LogP contribution in [-0.2, 0) is 37.8 Å². The fourth-order valence-electron chi connectivity index (χ4n) is 5.08. The molecule has 5 heterocycles. The number of thiophene rings is 1. The average Bonchev–Trinajstić information content (AvgIpc) is 3.42. The van der Waals surface area contributed by atoms with E-state index in [0.717, 1.165) is 29.5 Å². The number of aromatic nitrogens is 6. The molecule has 1 aliphatic carbocycles. The lowest BCUT2D eigenvalue weighted by Gasteiger charge is -2.34. The molecule has 0 spiro atoms. The first kappa shape index (κ1) is 22.1. The van der Waals surface area contributed by atoms with Crippen molar-refractivity contribution in [1.82, 2.24) is 39.1 Å². The third-order valence-electron chi connectivity index (χ3n) is 7.00. The van der Waals surface area contributed by atoms with Gasteiger partial charge in [0.25, 0.3) is 11.1 Å². The molecule has 0 radical (unpaired) electrons. The van der Waals surface area contributed by atoms with Gasteiger partial charge in [-0.25, -0.2) is 9.97 Å². The van der Waals surface area contributed by atoms with Crippen LogP contribution in [0.1, 0.15) is 29.1 Å². The van der Waals surface area contributed by atoms with Crippen molar-refractivity contribution in [2.24, 2.45) is 7.05 Å². The van der Waals surface area contributed by atoms with E-state index in [-0.39, 0.29) is 23.6 Å². The first-order valence-electron chi connectivity index (χ1n) is 11.9. The molecule has 6 rings (SSSR count). The Bertz CT molecular complexity index is 1560. The van der Waals surface area contributed by atoms with Crippen molar-refractivity contribution < 1.29 is 4.79 Å². The van der Waals surface area contributed by atoms with E-state index >= 15 is 0 Å². The summed E-state index contributed by atoms with van der Waals surface area (Å²) in [7, 11) is 1.72. The summed E-state index contributed by atoms with van der Waals surface area (Å²) in [6.07, 6.45) is 7.20. The molecule has 1 saturated heterocycles. The van der Waals surface area contributed by atoms with Gasteiger partial charge in [0.15, 0.2) is 5.65 Å². The van der Waals surface area contributed by atoms with Crippen molar-refractivity contribution in [2.45, 2.75) is 38.8 Å². The maximum Gasteiger partial charge on any atom is 0.264 e. The number of piperazine rings is 1. The number of rotatable bonds is 4. The van der Waals surface area contributed by atoms with E-state index in [9.17, 15) is 14.4 Å². The Morgan fingerprint density at radius 2 is 1.94 bits per heavy atom. The number of carbonyl (C=O) groups excluding carboxylic acids is 1. The highest BCUT2D eigenvalue weighted by Gasteiger charge is 2.24. The summed E-state index contributed by atoms with van der Waals surface area (Å²) in [5, 5.41) is 5.24. The fourth-order valence-corrected chi connectivity index (χ4v) is 6.36. The molecular weight excluding hydrogens is 468 g/mol. The molecule has 1 amide bonds. The predicted octanol–water partition coefficient (Wildman–Crippen LogP) is 0.651. The number of carbonyl (C=O) groups is 1. The molecule has 1 aliphatic heterocycles. The highest BCUT2D eigenvalue weighted by atomic mass is 32.1. The first-order valence-corrected chi connectivity index (χ1v) is 12.7. The van der Waals surface area contributed by atoms with Crippen LogP contribution in [0.4, 0.5) is 0 Å². The second kappa shape index (κ2) is 8.68. The highest BCUT2D eigenvalue weighted by Crippen LogP contribution is 2.33. The fraction of sp³-hybridized carbons (Fsp3) is 0.478. The monoisotopic (exact) mass is 494 g/mol.